The van der Waals surface area contributed by atoms with Crippen LogP contribution in [-0.4, -0.2) is 12.2 Å². The van der Waals surface area contributed by atoms with Gasteiger partial charge in [-0.3, -0.25) is 0 Å². The monoisotopic (exact) mass is 704 g/mol. The van der Waals surface area contributed by atoms with E-state index in [9.17, 15) is 0 Å². The molecule has 4 rings (SSSR count). The first-order chi connectivity index (χ1) is 22.4. The van der Waals surface area contributed by atoms with Crippen LogP contribution in [0.5, 0.6) is 11.5 Å². The highest BCUT2D eigenvalue weighted by Crippen LogP contribution is 2.42. The maximum atomic E-state index is 6.36. The van der Waals surface area contributed by atoms with Gasteiger partial charge in [0.2, 0.25) is 18.1 Å². The van der Waals surface area contributed by atoms with Crippen LogP contribution in [0, 0.1) is 13.8 Å². The molecule has 0 N–H and O–H groups in total. The first kappa shape index (κ1) is 39.6. The highest BCUT2D eigenvalue weighted by Gasteiger charge is 2.25. The van der Waals surface area contributed by atoms with Crippen molar-refractivity contribution in [3.05, 3.63) is 81.9 Å². The molecule has 0 aliphatic heterocycles. The van der Waals surface area contributed by atoms with Crippen molar-refractivity contribution in [3.8, 4) is 11.5 Å². The van der Waals surface area contributed by atoms with Crippen LogP contribution in [-0.2, 0) is 30.7 Å². The number of rotatable bonds is 10. The van der Waals surface area contributed by atoms with E-state index in [1.54, 1.807) is 0 Å². The van der Waals surface area contributed by atoms with Crippen LogP contribution >= 0.6 is 18.1 Å². The molecule has 4 unspecified atom stereocenters. The van der Waals surface area contributed by atoms with E-state index in [0.29, 0.717) is 0 Å². The average molecular weight is 705 g/mol. The summed E-state index contributed by atoms with van der Waals surface area (Å²) in [6.45, 7) is 35.6. The molecule has 0 radical (unpaired) electrons. The zero-order chi connectivity index (χ0) is 36.7. The predicted octanol–water partition coefficient (Wildman–Crippen LogP) is 13.5. The van der Waals surface area contributed by atoms with Gasteiger partial charge in [-0.15, -0.1) is 0 Å². The Hall–Kier alpha value is -2.22. The van der Waals surface area contributed by atoms with Crippen LogP contribution in [0.25, 0.3) is 21.5 Å². The fourth-order valence-electron chi connectivity index (χ4n) is 6.71. The van der Waals surface area contributed by atoms with E-state index in [2.05, 4.69) is 159 Å². The van der Waals surface area contributed by atoms with Gasteiger partial charge in [-0.25, -0.2) is 0 Å². The van der Waals surface area contributed by atoms with E-state index in [0.717, 1.165) is 17.9 Å². The minimum atomic E-state index is -0.106. The maximum Gasteiger partial charge on any atom is 0.215 e. The zero-order valence-corrected chi connectivity index (χ0v) is 35.1. The van der Waals surface area contributed by atoms with Crippen LogP contribution in [0.3, 0.4) is 0 Å². The third-order valence-electron chi connectivity index (χ3n) is 9.26. The molecule has 6 heteroatoms. The lowest BCUT2D eigenvalue weighted by atomic mass is 9.81. The highest BCUT2D eigenvalue weighted by molar-refractivity contribution is 7.27. The van der Waals surface area contributed by atoms with Crippen LogP contribution in [0.15, 0.2) is 48.5 Å². The Morgan fingerprint density at radius 1 is 0.449 bits per heavy atom. The first-order valence-corrected chi connectivity index (χ1v) is 19.4. The van der Waals surface area contributed by atoms with E-state index in [1.807, 2.05) is 0 Å². The second-order valence-electron chi connectivity index (χ2n) is 18.2. The molecule has 0 aliphatic carbocycles. The van der Waals surface area contributed by atoms with Crippen molar-refractivity contribution < 1.29 is 18.1 Å². The zero-order valence-electron chi connectivity index (χ0n) is 33.1. The van der Waals surface area contributed by atoms with E-state index < -0.39 is 0 Å². The quantitative estimate of drug-likeness (QED) is 0.154. The Labute approximate surface area is 301 Å². The molecule has 0 spiro atoms. The van der Waals surface area contributed by atoms with Gasteiger partial charge in [0.05, 0.1) is 12.2 Å². The summed E-state index contributed by atoms with van der Waals surface area (Å²) in [5, 5.41) is 4.89. The van der Waals surface area contributed by atoms with Crippen molar-refractivity contribution in [1.82, 2.24) is 0 Å². The summed E-state index contributed by atoms with van der Waals surface area (Å²) in [4.78, 5) is 0. The molecule has 0 heterocycles. The molecule has 0 bridgehead atoms. The fourth-order valence-corrected chi connectivity index (χ4v) is 7.84. The van der Waals surface area contributed by atoms with Crippen LogP contribution in [0.1, 0.15) is 137 Å². The second-order valence-corrected chi connectivity index (χ2v) is 19.4. The predicted molar refractivity (Wildman–Crippen MR) is 216 cm³/mol. The van der Waals surface area contributed by atoms with Crippen molar-refractivity contribution in [2.45, 2.75) is 151 Å². The molecule has 0 saturated carbocycles. The van der Waals surface area contributed by atoms with Crippen molar-refractivity contribution in [2.24, 2.45) is 0 Å². The number of hydrogen-bond acceptors (Lipinski definition) is 4. The summed E-state index contributed by atoms with van der Waals surface area (Å²) in [5.74, 6) is 1.78. The molecule has 0 fully saturated rings. The van der Waals surface area contributed by atoms with Gasteiger partial charge in [-0.2, -0.15) is 0 Å². The Morgan fingerprint density at radius 2 is 0.735 bits per heavy atom. The number of hydrogen-bond donors (Lipinski definition) is 0. The Balaban J connectivity index is 1.38. The standard InChI is InChI=1S/C43H62O4P2/c1-26-17-30-24-38(36(42(11,12)13)22-32(30)20-34(26)40(5,6)7)46-48-44-28(3)19-29(4)45-49-47-39-25-31-18-27(2)35(41(8,9)10)21-33(31)23-37(39)43(14,15)16/h17-18,20-25,28-29,48-49H,19H2,1-16H3. The van der Waals surface area contributed by atoms with Gasteiger partial charge in [-0.05, 0) is 117 Å². The fraction of sp³-hybridized carbons (Fsp3) is 0.535. The first-order valence-electron chi connectivity index (χ1n) is 17.8. The van der Waals surface area contributed by atoms with Crippen LogP contribution in [0.2, 0.25) is 0 Å². The molecule has 4 nitrogen and oxygen atoms in total. The molecule has 0 saturated heterocycles. The average Bonchev–Trinajstić information content (AvgIpc) is 2.93. The molecule has 268 valence electrons. The highest BCUT2D eigenvalue weighted by atomic mass is 31.1. The minimum Gasteiger partial charge on any atom is -0.449 e. The third-order valence-corrected chi connectivity index (χ3v) is 10.9. The summed E-state index contributed by atoms with van der Waals surface area (Å²) >= 11 is 0. The van der Waals surface area contributed by atoms with Gasteiger partial charge in [0.1, 0.15) is 11.5 Å². The van der Waals surface area contributed by atoms with Gasteiger partial charge in [-0.1, -0.05) is 107 Å². The normalized spacial score (nSPS) is 14.9. The third kappa shape index (κ3) is 9.98. The molecular formula is C43H62O4P2. The summed E-state index contributed by atoms with van der Waals surface area (Å²) in [6, 6.07) is 18.2. The largest absolute Gasteiger partial charge is 0.449 e. The summed E-state index contributed by atoms with van der Waals surface area (Å²) in [5.41, 5.74) is 7.81. The topological polar surface area (TPSA) is 36.9 Å². The van der Waals surface area contributed by atoms with E-state index >= 15 is 0 Å². The lowest BCUT2D eigenvalue weighted by molar-refractivity contribution is 0.143. The van der Waals surface area contributed by atoms with E-state index in [4.69, 9.17) is 18.1 Å². The summed E-state index contributed by atoms with van der Waals surface area (Å²) < 4.78 is 25.1. The van der Waals surface area contributed by atoms with Crippen LogP contribution in [0.4, 0.5) is 0 Å². The van der Waals surface area contributed by atoms with Gasteiger partial charge in [0.25, 0.3) is 0 Å². The van der Waals surface area contributed by atoms with Gasteiger partial charge in [0.15, 0.2) is 0 Å². The number of aryl methyl sites for hydroxylation is 2. The number of fused-ring (bicyclic) bond motifs is 2. The van der Waals surface area contributed by atoms with Gasteiger partial charge >= 0.3 is 0 Å². The smallest absolute Gasteiger partial charge is 0.215 e. The van der Waals surface area contributed by atoms with Crippen molar-refractivity contribution >= 4 is 39.6 Å². The Bertz CT molecular complexity index is 1650. The molecule has 0 aliphatic rings. The molecular weight excluding hydrogens is 642 g/mol. The minimum absolute atomic E-state index is 0.0287. The SMILES string of the molecule is Cc1cc2cc(OPOC(C)CC(C)OPOc3cc4cc(C)c(C(C)(C)C)cc4cc3C(C)(C)C)c(C(C)(C)C)cc2cc1C(C)(C)C. The molecule has 4 aromatic rings. The molecule has 4 aromatic carbocycles. The molecule has 0 amide bonds. The number of benzene rings is 4. The van der Waals surface area contributed by atoms with Crippen molar-refractivity contribution in [2.75, 3.05) is 0 Å². The summed E-state index contributed by atoms with van der Waals surface area (Å²) in [7, 11) is -0.213. The molecule has 4 atom stereocenters. The van der Waals surface area contributed by atoms with Crippen LogP contribution < -0.4 is 9.05 Å². The molecule has 49 heavy (non-hydrogen) atoms. The summed E-state index contributed by atoms with van der Waals surface area (Å²) in [6.07, 6.45) is 0.683. The lowest BCUT2D eigenvalue weighted by Gasteiger charge is -2.26. The van der Waals surface area contributed by atoms with E-state index in [1.165, 1.54) is 54.9 Å². The van der Waals surface area contributed by atoms with Crippen molar-refractivity contribution in [1.29, 1.82) is 0 Å². The Morgan fingerprint density at radius 3 is 1.04 bits per heavy atom. The van der Waals surface area contributed by atoms with E-state index in [-0.39, 0.29) is 51.9 Å². The maximum absolute atomic E-state index is 6.36. The van der Waals surface area contributed by atoms with Gasteiger partial charge < -0.3 is 18.1 Å². The van der Waals surface area contributed by atoms with Crippen molar-refractivity contribution in [3.63, 3.8) is 0 Å². The Kier molecular flexibility index (Phi) is 11.9. The van der Waals surface area contributed by atoms with Gasteiger partial charge in [0, 0.05) is 17.5 Å². The lowest BCUT2D eigenvalue weighted by Crippen LogP contribution is -2.16. The molecule has 0 aromatic heterocycles. The second kappa shape index (κ2) is 14.8.